The molecule has 4 N–H and O–H groups in total. The largest absolute Gasteiger partial charge is 0.490 e. The number of ether oxygens (including phenoxy) is 2. The average Bonchev–Trinajstić information content (AvgIpc) is 3.22. The van der Waals surface area contributed by atoms with Crippen molar-refractivity contribution >= 4 is 29.5 Å². The molecule has 1 fully saturated rings. The number of aliphatic carboxylic acids is 1. The van der Waals surface area contributed by atoms with Gasteiger partial charge in [-0.1, -0.05) is 26.0 Å². The molecule has 2 aromatic carbocycles. The Kier molecular flexibility index (Phi) is 10.7. The van der Waals surface area contributed by atoms with Crippen molar-refractivity contribution < 1.29 is 29.0 Å². The molecule has 2 amide bonds. The van der Waals surface area contributed by atoms with Crippen LogP contribution < -0.4 is 15.4 Å². The highest BCUT2D eigenvalue weighted by Crippen LogP contribution is 2.23. The number of cyclic esters (lactones) is 1. The number of anilines is 1. The summed E-state index contributed by atoms with van der Waals surface area (Å²) in [5.41, 5.74) is 7.33. The monoisotopic (exact) mass is 498 g/mol. The van der Waals surface area contributed by atoms with Crippen molar-refractivity contribution in [3.05, 3.63) is 59.7 Å². The normalized spacial score (nSPS) is 14.4. The zero-order valence-electron chi connectivity index (χ0n) is 20.9. The molecule has 1 saturated heterocycles. The van der Waals surface area contributed by atoms with E-state index in [0.29, 0.717) is 29.1 Å². The first-order valence-corrected chi connectivity index (χ1v) is 11.8. The number of nitrogens with two attached hydrogens (primary N) is 1. The number of hydrogen-bond acceptors (Lipinski definition) is 6. The Balaban J connectivity index is 0.00000106. The van der Waals surface area contributed by atoms with Gasteiger partial charge in [0.1, 0.15) is 18.2 Å². The van der Waals surface area contributed by atoms with Crippen LogP contribution in [0.3, 0.4) is 0 Å². The Hall–Kier alpha value is -4.08. The number of nitrogen functional groups attached to an aromatic ring is 1. The fourth-order valence-electron chi connectivity index (χ4n) is 3.58. The van der Waals surface area contributed by atoms with Crippen LogP contribution in [0.4, 0.5) is 10.5 Å². The van der Waals surface area contributed by atoms with Gasteiger partial charge in [-0.25, -0.2) is 4.79 Å². The minimum absolute atomic E-state index is 0.0217. The minimum atomic E-state index is -0.833. The van der Waals surface area contributed by atoms with Crippen LogP contribution in [-0.2, 0) is 9.53 Å². The summed E-state index contributed by atoms with van der Waals surface area (Å²) in [5.74, 6) is -0.269. The van der Waals surface area contributed by atoms with E-state index in [1.54, 1.807) is 48.5 Å². The molecule has 1 unspecified atom stereocenters. The highest BCUT2D eigenvalue weighted by Gasteiger charge is 2.33. The van der Waals surface area contributed by atoms with E-state index in [1.165, 1.54) is 4.90 Å². The van der Waals surface area contributed by atoms with Crippen molar-refractivity contribution in [1.29, 1.82) is 5.41 Å². The van der Waals surface area contributed by atoms with Gasteiger partial charge >= 0.3 is 6.09 Å². The Morgan fingerprint density at radius 1 is 1.14 bits per heavy atom. The molecule has 1 aliphatic heterocycles. The first kappa shape index (κ1) is 28.2. The molecule has 0 aliphatic carbocycles. The highest BCUT2D eigenvalue weighted by atomic mass is 16.6. The van der Waals surface area contributed by atoms with Gasteiger partial charge in [0.15, 0.2) is 6.10 Å². The van der Waals surface area contributed by atoms with Gasteiger partial charge in [0.25, 0.3) is 11.9 Å². The molecule has 0 radical (unpaired) electrons. The van der Waals surface area contributed by atoms with Crippen LogP contribution in [0.15, 0.2) is 48.5 Å². The van der Waals surface area contributed by atoms with E-state index in [4.69, 9.17) is 30.5 Å². The van der Waals surface area contributed by atoms with Crippen LogP contribution >= 0.6 is 0 Å². The van der Waals surface area contributed by atoms with Gasteiger partial charge < -0.3 is 25.2 Å². The number of nitrogens with one attached hydrogen (secondary N) is 1. The SMILES string of the molecule is CC(=O)O.CCCN(CCC)C(=O)c1ccc(OCC2CN(c3cccc(C(=N)N)c3)C(=O)O2)cc1. The van der Waals surface area contributed by atoms with Crippen LogP contribution in [0.1, 0.15) is 49.5 Å². The number of carbonyl (C=O) groups excluding carboxylic acids is 2. The van der Waals surface area contributed by atoms with Gasteiger partial charge in [-0.05, 0) is 49.2 Å². The number of benzene rings is 2. The van der Waals surface area contributed by atoms with Gasteiger partial charge in [0, 0.05) is 36.8 Å². The van der Waals surface area contributed by atoms with E-state index in [9.17, 15) is 9.59 Å². The lowest BCUT2D eigenvalue weighted by atomic mass is 10.1. The summed E-state index contributed by atoms with van der Waals surface area (Å²) >= 11 is 0. The summed E-state index contributed by atoms with van der Waals surface area (Å²) < 4.78 is 11.2. The van der Waals surface area contributed by atoms with Crippen molar-refractivity contribution in [1.82, 2.24) is 4.90 Å². The zero-order valence-corrected chi connectivity index (χ0v) is 20.9. The number of nitrogens with zero attached hydrogens (tertiary/aromatic N) is 2. The molecule has 0 bridgehead atoms. The van der Waals surface area contributed by atoms with Gasteiger partial charge in [0.2, 0.25) is 0 Å². The molecule has 36 heavy (non-hydrogen) atoms. The second-order valence-electron chi connectivity index (χ2n) is 8.23. The van der Waals surface area contributed by atoms with E-state index in [1.807, 2.05) is 4.90 Å². The topological polar surface area (TPSA) is 146 Å². The highest BCUT2D eigenvalue weighted by molar-refractivity contribution is 5.97. The summed E-state index contributed by atoms with van der Waals surface area (Å²) in [7, 11) is 0. The number of carboxylic acid groups (broad SMARTS) is 1. The maximum Gasteiger partial charge on any atom is 0.414 e. The maximum atomic E-state index is 12.7. The molecular weight excluding hydrogens is 464 g/mol. The third kappa shape index (κ3) is 8.30. The Morgan fingerprint density at radius 2 is 1.75 bits per heavy atom. The molecule has 3 rings (SSSR count). The number of carbonyl (C=O) groups is 3. The molecule has 0 spiro atoms. The van der Waals surface area contributed by atoms with Gasteiger partial charge in [-0.2, -0.15) is 0 Å². The summed E-state index contributed by atoms with van der Waals surface area (Å²) in [5, 5.41) is 15.0. The van der Waals surface area contributed by atoms with E-state index in [0.717, 1.165) is 32.9 Å². The number of rotatable bonds is 10. The van der Waals surface area contributed by atoms with E-state index in [2.05, 4.69) is 13.8 Å². The fourth-order valence-corrected chi connectivity index (χ4v) is 3.58. The minimum Gasteiger partial charge on any atom is -0.490 e. The fraction of sp³-hybridized carbons (Fsp3) is 0.385. The third-order valence-electron chi connectivity index (χ3n) is 5.15. The average molecular weight is 499 g/mol. The van der Waals surface area contributed by atoms with E-state index < -0.39 is 18.2 Å². The van der Waals surface area contributed by atoms with E-state index in [-0.39, 0.29) is 18.3 Å². The number of hydrogen-bond donors (Lipinski definition) is 3. The maximum absolute atomic E-state index is 12.7. The van der Waals surface area contributed by atoms with Crippen LogP contribution in [0, 0.1) is 5.41 Å². The lowest BCUT2D eigenvalue weighted by Crippen LogP contribution is -2.32. The van der Waals surface area contributed by atoms with Crippen molar-refractivity contribution in [2.24, 2.45) is 5.73 Å². The number of carboxylic acids is 1. The Labute approximate surface area is 211 Å². The molecule has 1 atom stereocenters. The van der Waals surface area contributed by atoms with Gasteiger partial charge in [0.05, 0.1) is 6.54 Å². The standard InChI is InChI=1S/C24H30N4O4.C2H4O2/c1-3-12-27(13-4-2)23(29)17-8-10-20(11-9-17)31-16-21-15-28(24(30)32-21)19-7-5-6-18(14-19)22(25)26;1-2(3)4/h5-11,14,21H,3-4,12-13,15-16H2,1-2H3,(H3,25,26);1H3,(H,3,4). The summed E-state index contributed by atoms with van der Waals surface area (Å²) in [6.07, 6.45) is 0.938. The van der Waals surface area contributed by atoms with Crippen molar-refractivity contribution in [2.75, 3.05) is 31.1 Å². The molecular formula is C26H34N4O6. The predicted octanol–water partition coefficient (Wildman–Crippen LogP) is 3.73. The lowest BCUT2D eigenvalue weighted by molar-refractivity contribution is -0.134. The van der Waals surface area contributed by atoms with Crippen molar-refractivity contribution in [3.8, 4) is 5.75 Å². The van der Waals surface area contributed by atoms with Crippen molar-refractivity contribution in [2.45, 2.75) is 39.7 Å². The summed E-state index contributed by atoms with van der Waals surface area (Å²) in [6, 6.07) is 13.9. The van der Waals surface area contributed by atoms with Gasteiger partial charge in [-0.15, -0.1) is 0 Å². The molecule has 2 aromatic rings. The molecule has 194 valence electrons. The van der Waals surface area contributed by atoms with Crippen LogP contribution in [0.25, 0.3) is 0 Å². The first-order chi connectivity index (χ1) is 17.2. The molecule has 10 heteroatoms. The molecule has 0 saturated carbocycles. The van der Waals surface area contributed by atoms with Crippen LogP contribution in [-0.4, -0.2) is 66.2 Å². The Bertz CT molecular complexity index is 1050. The lowest BCUT2D eigenvalue weighted by Gasteiger charge is -2.21. The quantitative estimate of drug-likeness (QED) is 0.334. The molecule has 10 nitrogen and oxygen atoms in total. The third-order valence-corrected chi connectivity index (χ3v) is 5.15. The predicted molar refractivity (Wildman–Crippen MR) is 137 cm³/mol. The first-order valence-electron chi connectivity index (χ1n) is 11.8. The summed E-state index contributed by atoms with van der Waals surface area (Å²) in [4.78, 5) is 37.3. The smallest absolute Gasteiger partial charge is 0.414 e. The van der Waals surface area contributed by atoms with E-state index >= 15 is 0 Å². The zero-order chi connectivity index (χ0) is 26.7. The number of amidine groups is 1. The molecule has 0 aromatic heterocycles. The Morgan fingerprint density at radius 3 is 2.31 bits per heavy atom. The molecule has 1 heterocycles. The van der Waals surface area contributed by atoms with Gasteiger partial charge in [-0.3, -0.25) is 19.9 Å². The van der Waals surface area contributed by atoms with Crippen LogP contribution in [0.2, 0.25) is 0 Å². The van der Waals surface area contributed by atoms with Crippen molar-refractivity contribution in [3.63, 3.8) is 0 Å². The number of amides is 2. The summed E-state index contributed by atoms with van der Waals surface area (Å²) in [6.45, 7) is 7.21. The second kappa shape index (κ2) is 13.7. The second-order valence-corrected chi connectivity index (χ2v) is 8.23. The molecule has 1 aliphatic rings. The van der Waals surface area contributed by atoms with Crippen LogP contribution in [0.5, 0.6) is 5.75 Å².